The molecule has 1 aromatic rings. The Hall–Kier alpha value is -1.17. The molecule has 1 aliphatic rings. The van der Waals surface area contributed by atoms with E-state index < -0.39 is 9.84 Å². The van der Waals surface area contributed by atoms with Crippen molar-refractivity contribution in [3.63, 3.8) is 0 Å². The highest BCUT2D eigenvalue weighted by Crippen LogP contribution is 2.26. The van der Waals surface area contributed by atoms with Crippen molar-refractivity contribution in [2.24, 2.45) is 0 Å². The van der Waals surface area contributed by atoms with Crippen molar-refractivity contribution in [2.45, 2.75) is 32.7 Å². The second-order valence-corrected chi connectivity index (χ2v) is 6.83. The number of nitrogens with zero attached hydrogens (tertiary/aromatic N) is 2. The van der Waals surface area contributed by atoms with Crippen molar-refractivity contribution < 1.29 is 13.2 Å². The summed E-state index contributed by atoms with van der Waals surface area (Å²) in [4.78, 5) is 10.9. The van der Waals surface area contributed by atoms with Gasteiger partial charge in [-0.15, -0.1) is 0 Å². The van der Waals surface area contributed by atoms with E-state index in [9.17, 15) is 13.2 Å². The molecule has 2 rings (SSSR count). The lowest BCUT2D eigenvalue weighted by atomic mass is 10.1. The molecule has 0 aliphatic carbocycles. The van der Waals surface area contributed by atoms with Crippen molar-refractivity contribution in [1.82, 2.24) is 9.78 Å². The van der Waals surface area contributed by atoms with Crippen molar-refractivity contribution in [2.75, 3.05) is 11.5 Å². The maximum Gasteiger partial charge on any atom is 0.153 e. The molecule has 0 saturated carbocycles. The smallest absolute Gasteiger partial charge is 0.153 e. The molecule has 0 radical (unpaired) electrons. The predicted octanol–water partition coefficient (Wildman–Crippen LogP) is 1.06. The number of hydrogen-bond donors (Lipinski definition) is 0. The molecule has 1 fully saturated rings. The summed E-state index contributed by atoms with van der Waals surface area (Å²) in [5.74, 6) is 0.429. The van der Waals surface area contributed by atoms with Gasteiger partial charge in [-0.1, -0.05) is 0 Å². The number of carbonyl (C=O) groups excluding carboxylic acids is 1. The Morgan fingerprint density at radius 2 is 1.88 bits per heavy atom. The molecule has 1 aromatic heterocycles. The van der Waals surface area contributed by atoms with Crippen molar-refractivity contribution in [3.8, 4) is 0 Å². The molecule has 94 valence electrons. The van der Waals surface area contributed by atoms with E-state index in [2.05, 4.69) is 5.10 Å². The van der Waals surface area contributed by atoms with E-state index in [0.717, 1.165) is 12.0 Å². The van der Waals surface area contributed by atoms with Crippen molar-refractivity contribution in [1.29, 1.82) is 0 Å². The second-order valence-electron chi connectivity index (χ2n) is 4.53. The van der Waals surface area contributed by atoms with E-state index in [-0.39, 0.29) is 17.5 Å². The zero-order valence-electron chi connectivity index (χ0n) is 10.0. The van der Waals surface area contributed by atoms with Crippen molar-refractivity contribution in [3.05, 3.63) is 17.0 Å². The highest BCUT2D eigenvalue weighted by Gasteiger charge is 2.27. The molecule has 0 unspecified atom stereocenters. The quantitative estimate of drug-likeness (QED) is 0.742. The normalized spacial score (nSPS) is 20.4. The Kier molecular flexibility index (Phi) is 3.07. The first kappa shape index (κ1) is 12.3. The van der Waals surface area contributed by atoms with Gasteiger partial charge in [0.1, 0.15) is 9.84 Å². The number of aromatic nitrogens is 2. The minimum atomic E-state index is -2.86. The molecular formula is C11H16N2O3S. The molecule has 1 saturated heterocycles. The van der Waals surface area contributed by atoms with Gasteiger partial charge in [-0.25, -0.2) is 8.42 Å². The zero-order valence-corrected chi connectivity index (χ0v) is 10.8. The standard InChI is InChI=1S/C11H16N2O3S/c1-8-11(7-14)9(2)13(12-8)10-3-5-17(15,16)6-4-10/h7,10H,3-6H2,1-2H3. The van der Waals surface area contributed by atoms with Gasteiger partial charge in [0, 0.05) is 5.69 Å². The highest BCUT2D eigenvalue weighted by atomic mass is 32.2. The third-order valence-corrected chi connectivity index (χ3v) is 5.08. The van der Waals surface area contributed by atoms with Gasteiger partial charge in [-0.05, 0) is 26.7 Å². The summed E-state index contributed by atoms with van der Waals surface area (Å²) >= 11 is 0. The minimum Gasteiger partial charge on any atom is -0.298 e. The number of aryl methyl sites for hydroxylation is 1. The van der Waals surface area contributed by atoms with Crippen LogP contribution in [0.1, 0.15) is 40.6 Å². The molecule has 17 heavy (non-hydrogen) atoms. The van der Waals surface area contributed by atoms with Crippen LogP contribution < -0.4 is 0 Å². The van der Waals surface area contributed by atoms with Crippen LogP contribution >= 0.6 is 0 Å². The molecule has 2 heterocycles. The van der Waals surface area contributed by atoms with Crippen LogP contribution in [0, 0.1) is 13.8 Å². The molecule has 0 bridgehead atoms. The Bertz CT molecular complexity index is 531. The van der Waals surface area contributed by atoms with Crippen LogP contribution in [0.15, 0.2) is 0 Å². The summed E-state index contributed by atoms with van der Waals surface area (Å²) in [5, 5.41) is 4.34. The fraction of sp³-hybridized carbons (Fsp3) is 0.636. The Balaban J connectivity index is 2.28. The van der Waals surface area contributed by atoms with Gasteiger partial charge >= 0.3 is 0 Å². The Morgan fingerprint density at radius 3 is 2.35 bits per heavy atom. The third kappa shape index (κ3) is 2.26. The number of hydrogen-bond acceptors (Lipinski definition) is 4. The zero-order chi connectivity index (χ0) is 12.6. The molecular weight excluding hydrogens is 240 g/mol. The number of carbonyl (C=O) groups is 1. The van der Waals surface area contributed by atoms with E-state index in [1.54, 1.807) is 6.92 Å². The first-order valence-electron chi connectivity index (χ1n) is 5.66. The van der Waals surface area contributed by atoms with Gasteiger partial charge in [0.05, 0.1) is 28.8 Å². The van der Waals surface area contributed by atoms with E-state index in [4.69, 9.17) is 0 Å². The van der Waals surface area contributed by atoms with Gasteiger partial charge in [0.15, 0.2) is 6.29 Å². The van der Waals surface area contributed by atoms with Crippen molar-refractivity contribution >= 4 is 16.1 Å². The van der Waals surface area contributed by atoms with Crippen LogP contribution in [-0.4, -0.2) is 36.0 Å². The van der Waals surface area contributed by atoms with Crippen LogP contribution in [0.25, 0.3) is 0 Å². The summed E-state index contributed by atoms with van der Waals surface area (Å²) in [5.41, 5.74) is 2.17. The molecule has 0 aromatic carbocycles. The summed E-state index contributed by atoms with van der Waals surface area (Å²) in [6.45, 7) is 3.65. The van der Waals surface area contributed by atoms with Crippen LogP contribution in [0.3, 0.4) is 0 Å². The van der Waals surface area contributed by atoms with Gasteiger partial charge in [-0.2, -0.15) is 5.10 Å². The summed E-state index contributed by atoms with van der Waals surface area (Å²) in [6, 6.07) is 0.103. The minimum absolute atomic E-state index is 0.103. The molecule has 1 aliphatic heterocycles. The highest BCUT2D eigenvalue weighted by molar-refractivity contribution is 7.91. The average Bonchev–Trinajstić information content (AvgIpc) is 2.54. The van der Waals surface area contributed by atoms with Crippen LogP contribution in [0.5, 0.6) is 0 Å². The maximum absolute atomic E-state index is 11.4. The molecule has 5 nitrogen and oxygen atoms in total. The van der Waals surface area contributed by atoms with E-state index in [1.807, 2.05) is 11.6 Å². The molecule has 0 spiro atoms. The number of rotatable bonds is 2. The van der Waals surface area contributed by atoms with Gasteiger partial charge in [-0.3, -0.25) is 9.48 Å². The predicted molar refractivity (Wildman–Crippen MR) is 64.0 cm³/mol. The Labute approximate surface area is 101 Å². The van der Waals surface area contributed by atoms with E-state index in [1.165, 1.54) is 0 Å². The fourth-order valence-electron chi connectivity index (χ4n) is 2.32. The largest absolute Gasteiger partial charge is 0.298 e. The summed E-state index contributed by atoms with van der Waals surface area (Å²) in [7, 11) is -2.86. The van der Waals surface area contributed by atoms with Crippen LogP contribution in [0.4, 0.5) is 0 Å². The first-order chi connectivity index (χ1) is 7.94. The number of sulfone groups is 1. The van der Waals surface area contributed by atoms with E-state index >= 15 is 0 Å². The molecule has 0 atom stereocenters. The monoisotopic (exact) mass is 256 g/mol. The van der Waals surface area contributed by atoms with Gasteiger partial charge in [0.25, 0.3) is 0 Å². The van der Waals surface area contributed by atoms with Gasteiger partial charge < -0.3 is 0 Å². The van der Waals surface area contributed by atoms with Gasteiger partial charge in [0.2, 0.25) is 0 Å². The third-order valence-electron chi connectivity index (χ3n) is 3.37. The average molecular weight is 256 g/mol. The first-order valence-corrected chi connectivity index (χ1v) is 7.48. The lowest BCUT2D eigenvalue weighted by Gasteiger charge is -2.23. The molecule has 6 heteroatoms. The maximum atomic E-state index is 11.4. The molecule has 0 amide bonds. The molecule has 0 N–H and O–H groups in total. The van der Waals surface area contributed by atoms with Crippen LogP contribution in [-0.2, 0) is 9.84 Å². The Morgan fingerprint density at radius 1 is 1.29 bits per heavy atom. The second kappa shape index (κ2) is 4.25. The fourth-order valence-corrected chi connectivity index (χ4v) is 3.79. The van der Waals surface area contributed by atoms with E-state index in [0.29, 0.717) is 24.1 Å². The lowest BCUT2D eigenvalue weighted by Crippen LogP contribution is -2.26. The summed E-state index contributed by atoms with van der Waals surface area (Å²) in [6.07, 6.45) is 1.99. The van der Waals surface area contributed by atoms with Crippen LogP contribution in [0.2, 0.25) is 0 Å². The SMILES string of the molecule is Cc1nn(C2CCS(=O)(=O)CC2)c(C)c1C=O. The lowest BCUT2D eigenvalue weighted by molar-refractivity contribution is 0.112. The number of aldehydes is 1. The topological polar surface area (TPSA) is 69.0 Å². The summed E-state index contributed by atoms with van der Waals surface area (Å²) < 4.78 is 24.5.